The number of terminal acetylenes is 1. The maximum absolute atomic E-state index is 11.4. The zero-order valence-electron chi connectivity index (χ0n) is 13.8. The molecule has 0 atom stereocenters. The number of aryl methyl sites for hydroxylation is 2. The van der Waals surface area contributed by atoms with Crippen LogP contribution in [-0.4, -0.2) is 15.7 Å². The van der Waals surface area contributed by atoms with E-state index in [9.17, 15) is 4.79 Å². The molecule has 2 N–H and O–H groups in total. The largest absolute Gasteiger partial charge is 0.366 e. The van der Waals surface area contributed by atoms with E-state index in [1.807, 2.05) is 23.7 Å². The molecule has 0 spiro atoms. The summed E-state index contributed by atoms with van der Waals surface area (Å²) in [5.74, 6) is 2.28. The first-order chi connectivity index (χ1) is 11.1. The number of rotatable bonds is 9. The zero-order valence-corrected chi connectivity index (χ0v) is 13.8. The molecule has 0 aliphatic carbocycles. The third-order valence-corrected chi connectivity index (χ3v) is 4.16. The highest BCUT2D eigenvalue weighted by atomic mass is 16.1. The number of nitrogens with two attached hydrogens (primary N) is 1. The van der Waals surface area contributed by atoms with Crippen molar-refractivity contribution in [3.05, 3.63) is 29.5 Å². The minimum absolute atomic E-state index is 0.399. The van der Waals surface area contributed by atoms with E-state index in [0.29, 0.717) is 5.56 Å². The van der Waals surface area contributed by atoms with Crippen LogP contribution in [0.2, 0.25) is 0 Å². The van der Waals surface area contributed by atoms with Crippen LogP contribution < -0.4 is 5.73 Å². The van der Waals surface area contributed by atoms with Crippen molar-refractivity contribution < 1.29 is 4.79 Å². The molecule has 0 bridgehead atoms. The third kappa shape index (κ3) is 4.59. The van der Waals surface area contributed by atoms with Gasteiger partial charge in [-0.15, -0.1) is 12.3 Å². The van der Waals surface area contributed by atoms with Gasteiger partial charge < -0.3 is 5.73 Å². The van der Waals surface area contributed by atoms with Gasteiger partial charge in [0.05, 0.1) is 11.2 Å². The van der Waals surface area contributed by atoms with Gasteiger partial charge in [0.15, 0.2) is 0 Å². The Morgan fingerprint density at radius 3 is 2.61 bits per heavy atom. The number of carbonyl (C=O) groups is 1. The Hall–Kier alpha value is -2.28. The SMILES string of the molecule is C#CCCCCCCCCn1nc(C)c2ccc(C(N)=O)cc21. The topological polar surface area (TPSA) is 60.9 Å². The van der Waals surface area contributed by atoms with Gasteiger partial charge in [-0.3, -0.25) is 9.48 Å². The molecule has 1 heterocycles. The molecule has 1 amide bonds. The summed E-state index contributed by atoms with van der Waals surface area (Å²) in [7, 11) is 0. The Balaban J connectivity index is 1.89. The second-order valence-electron chi connectivity index (χ2n) is 5.98. The van der Waals surface area contributed by atoms with Gasteiger partial charge >= 0.3 is 0 Å². The zero-order chi connectivity index (χ0) is 16.7. The van der Waals surface area contributed by atoms with Crippen LogP contribution in [0.5, 0.6) is 0 Å². The number of amides is 1. The smallest absolute Gasteiger partial charge is 0.248 e. The molecule has 1 aromatic carbocycles. The molecule has 122 valence electrons. The molecular formula is C19H25N3O. The van der Waals surface area contributed by atoms with E-state index in [1.165, 1.54) is 25.7 Å². The molecule has 0 saturated carbocycles. The molecule has 23 heavy (non-hydrogen) atoms. The molecule has 0 aliphatic heterocycles. The number of hydrogen-bond donors (Lipinski definition) is 1. The quantitative estimate of drug-likeness (QED) is 0.565. The number of unbranched alkanes of at least 4 members (excludes halogenated alkanes) is 6. The minimum atomic E-state index is -0.399. The molecule has 2 rings (SSSR count). The fraction of sp³-hybridized carbons (Fsp3) is 0.474. The summed E-state index contributed by atoms with van der Waals surface area (Å²) in [5.41, 5.74) is 7.89. The van der Waals surface area contributed by atoms with E-state index >= 15 is 0 Å². The number of aromatic nitrogens is 2. The first-order valence-corrected chi connectivity index (χ1v) is 8.34. The summed E-state index contributed by atoms with van der Waals surface area (Å²) in [5, 5.41) is 5.68. The van der Waals surface area contributed by atoms with Crippen molar-refractivity contribution in [3.63, 3.8) is 0 Å². The maximum Gasteiger partial charge on any atom is 0.248 e. The monoisotopic (exact) mass is 311 g/mol. The highest BCUT2D eigenvalue weighted by Crippen LogP contribution is 2.20. The second kappa shape index (κ2) is 8.38. The lowest BCUT2D eigenvalue weighted by atomic mass is 10.1. The highest BCUT2D eigenvalue weighted by molar-refractivity contribution is 5.97. The van der Waals surface area contributed by atoms with Crippen LogP contribution in [0.25, 0.3) is 10.9 Å². The summed E-state index contributed by atoms with van der Waals surface area (Å²) < 4.78 is 2.00. The lowest BCUT2D eigenvalue weighted by molar-refractivity contribution is 0.100. The van der Waals surface area contributed by atoms with Crippen molar-refractivity contribution in [2.24, 2.45) is 5.73 Å². The minimum Gasteiger partial charge on any atom is -0.366 e. The molecule has 0 saturated heterocycles. The first kappa shape index (κ1) is 17.1. The molecule has 1 aromatic heterocycles. The lowest BCUT2D eigenvalue weighted by Gasteiger charge is -2.05. The molecular weight excluding hydrogens is 286 g/mol. The van der Waals surface area contributed by atoms with Crippen LogP contribution in [0, 0.1) is 19.3 Å². The normalized spacial score (nSPS) is 10.8. The standard InChI is InChI=1S/C19H25N3O/c1-3-4-5-6-7-8-9-10-13-22-18-14-16(19(20)23)11-12-17(18)15(2)21-22/h1,11-12,14H,4-10,13H2,2H3,(H2,20,23). The number of primary amides is 1. The Morgan fingerprint density at radius 1 is 1.22 bits per heavy atom. The molecule has 4 heteroatoms. The molecule has 0 aliphatic rings. The van der Waals surface area contributed by atoms with Gasteiger partial charge in [0.2, 0.25) is 5.91 Å². The average molecular weight is 311 g/mol. The van der Waals surface area contributed by atoms with Gasteiger partial charge in [-0.25, -0.2) is 0 Å². The van der Waals surface area contributed by atoms with Crippen LogP contribution in [0.4, 0.5) is 0 Å². The van der Waals surface area contributed by atoms with Gasteiger partial charge in [0.25, 0.3) is 0 Å². The number of fused-ring (bicyclic) bond motifs is 1. The molecule has 0 radical (unpaired) electrons. The van der Waals surface area contributed by atoms with Crippen molar-refractivity contribution in [1.82, 2.24) is 9.78 Å². The van der Waals surface area contributed by atoms with Crippen molar-refractivity contribution in [1.29, 1.82) is 0 Å². The Bertz CT molecular complexity index is 709. The Kier molecular flexibility index (Phi) is 6.22. The van der Waals surface area contributed by atoms with Crippen molar-refractivity contribution in [2.45, 2.75) is 58.4 Å². The van der Waals surface area contributed by atoms with E-state index in [-0.39, 0.29) is 0 Å². The lowest BCUT2D eigenvalue weighted by Crippen LogP contribution is -2.11. The second-order valence-corrected chi connectivity index (χ2v) is 5.98. The Labute approximate surface area is 138 Å². The van der Waals surface area contributed by atoms with Crippen LogP contribution in [0.3, 0.4) is 0 Å². The highest BCUT2D eigenvalue weighted by Gasteiger charge is 2.09. The predicted octanol–water partition coefficient (Wildman–Crippen LogP) is 3.81. The average Bonchev–Trinajstić information content (AvgIpc) is 2.86. The summed E-state index contributed by atoms with van der Waals surface area (Å²) >= 11 is 0. The molecule has 2 aromatic rings. The van der Waals surface area contributed by atoms with Crippen LogP contribution >= 0.6 is 0 Å². The first-order valence-electron chi connectivity index (χ1n) is 8.34. The third-order valence-electron chi connectivity index (χ3n) is 4.16. The van der Waals surface area contributed by atoms with E-state index in [1.54, 1.807) is 6.07 Å². The van der Waals surface area contributed by atoms with Crippen molar-refractivity contribution >= 4 is 16.8 Å². The maximum atomic E-state index is 11.4. The van der Waals surface area contributed by atoms with Crippen molar-refractivity contribution in [2.75, 3.05) is 0 Å². The van der Waals surface area contributed by atoms with Gasteiger partial charge in [0.1, 0.15) is 0 Å². The summed E-state index contributed by atoms with van der Waals surface area (Å²) in [6.45, 7) is 2.87. The number of benzene rings is 1. The van der Waals surface area contributed by atoms with Gasteiger partial charge in [-0.2, -0.15) is 5.10 Å². The molecule has 0 unspecified atom stereocenters. The van der Waals surface area contributed by atoms with Gasteiger partial charge in [-0.1, -0.05) is 31.7 Å². The summed E-state index contributed by atoms with van der Waals surface area (Å²) in [4.78, 5) is 11.4. The number of hydrogen-bond acceptors (Lipinski definition) is 2. The fourth-order valence-corrected chi connectivity index (χ4v) is 2.86. The summed E-state index contributed by atoms with van der Waals surface area (Å²) in [6, 6.07) is 5.54. The van der Waals surface area contributed by atoms with E-state index < -0.39 is 5.91 Å². The predicted molar refractivity (Wildman–Crippen MR) is 94.1 cm³/mol. The van der Waals surface area contributed by atoms with Crippen LogP contribution in [-0.2, 0) is 6.54 Å². The molecule has 4 nitrogen and oxygen atoms in total. The van der Waals surface area contributed by atoms with Crippen molar-refractivity contribution in [3.8, 4) is 12.3 Å². The summed E-state index contributed by atoms with van der Waals surface area (Å²) in [6.07, 6.45) is 13.2. The number of nitrogens with zero attached hydrogens (tertiary/aromatic N) is 2. The van der Waals surface area contributed by atoms with E-state index in [2.05, 4.69) is 11.0 Å². The molecule has 0 fully saturated rings. The Morgan fingerprint density at radius 2 is 1.91 bits per heavy atom. The number of carbonyl (C=O) groups excluding carboxylic acids is 1. The van der Waals surface area contributed by atoms with Gasteiger partial charge in [0, 0.05) is 23.9 Å². The van der Waals surface area contributed by atoms with E-state index in [0.717, 1.165) is 42.4 Å². The van der Waals surface area contributed by atoms with Gasteiger partial charge in [-0.05, 0) is 31.9 Å². The van der Waals surface area contributed by atoms with E-state index in [4.69, 9.17) is 12.2 Å². The van der Waals surface area contributed by atoms with Crippen LogP contribution in [0.15, 0.2) is 18.2 Å². The van der Waals surface area contributed by atoms with Crippen LogP contribution in [0.1, 0.15) is 61.0 Å². The fourth-order valence-electron chi connectivity index (χ4n) is 2.86.